The Labute approximate surface area is 428 Å². The van der Waals surface area contributed by atoms with Crippen molar-refractivity contribution in [3.05, 3.63) is 273 Å². The number of hydrogen-bond acceptors (Lipinski definition) is 3. The lowest BCUT2D eigenvalue weighted by Crippen LogP contribution is -2.07. The summed E-state index contributed by atoms with van der Waals surface area (Å²) in [5.41, 5.74) is 18.7. The van der Waals surface area contributed by atoms with Crippen molar-refractivity contribution in [2.45, 2.75) is 0 Å². The second-order valence-electron chi connectivity index (χ2n) is 18.8. The van der Waals surface area contributed by atoms with Gasteiger partial charge in [-0.3, -0.25) is 4.57 Å². The zero-order valence-electron chi connectivity index (χ0n) is 40.2. The van der Waals surface area contributed by atoms with Crippen LogP contribution in [0, 0.1) is 0 Å². The van der Waals surface area contributed by atoms with Crippen molar-refractivity contribution in [3.8, 4) is 90.0 Å². The SMILES string of the molecule is c1ccc(-c2ccc(-c3ccc(-c4cc(-c5ccccc5)cc(-n5c6ccccc6c6ccc7c8ccccc8n(-c8nc(-c9ccccc9)nc(-c9ccc(-c%10ccccc%10)cc9)n8)c7c65)c4)cc3)cc2)cc1. The van der Waals surface area contributed by atoms with Gasteiger partial charge in [0.15, 0.2) is 11.6 Å². The maximum atomic E-state index is 5.42. The van der Waals surface area contributed by atoms with Crippen LogP contribution in [-0.4, -0.2) is 24.1 Å². The lowest BCUT2D eigenvalue weighted by Gasteiger charge is -2.16. The highest BCUT2D eigenvalue weighted by molar-refractivity contribution is 6.23. The van der Waals surface area contributed by atoms with Gasteiger partial charge < -0.3 is 4.57 Å². The number of fused-ring (bicyclic) bond motifs is 7. The zero-order valence-corrected chi connectivity index (χ0v) is 40.2. The standard InChI is InChI=1S/C69H45N5/c1-5-17-46(18-6-1)49-29-31-51(32-30-49)52-33-35-53(36-34-52)57-43-56(48-21-9-3-10-22-48)44-58(45-57)73-63-27-15-13-25-59(63)61-41-42-62-60-26-14-16-28-64(60)74(66(62)65(61)73)69-71-67(54-23-11-4-12-24-54)70-68(72-69)55-39-37-50(38-40-55)47-19-7-2-8-20-47/h1-45H. The van der Waals surface area contributed by atoms with E-state index in [1.807, 2.05) is 24.3 Å². The number of hydrogen-bond donors (Lipinski definition) is 0. The first-order valence-corrected chi connectivity index (χ1v) is 25.1. The molecule has 14 aromatic rings. The number of rotatable bonds is 9. The molecule has 0 aliphatic rings. The van der Waals surface area contributed by atoms with Crippen molar-refractivity contribution >= 4 is 43.6 Å². The highest BCUT2D eigenvalue weighted by Crippen LogP contribution is 2.43. The fourth-order valence-electron chi connectivity index (χ4n) is 10.8. The van der Waals surface area contributed by atoms with Crippen molar-refractivity contribution in [1.29, 1.82) is 0 Å². The predicted octanol–water partition coefficient (Wildman–Crippen LogP) is 17.7. The summed E-state index contributed by atoms with van der Waals surface area (Å²) >= 11 is 0. The minimum Gasteiger partial charge on any atom is -0.307 e. The van der Waals surface area contributed by atoms with Gasteiger partial charge in [0, 0.05) is 38.4 Å². The molecule has 0 atom stereocenters. The molecule has 5 heteroatoms. The Bertz CT molecular complexity index is 4350. The second kappa shape index (κ2) is 18.0. The highest BCUT2D eigenvalue weighted by Gasteiger charge is 2.24. The van der Waals surface area contributed by atoms with Crippen LogP contribution in [0.25, 0.3) is 134 Å². The summed E-state index contributed by atoms with van der Waals surface area (Å²) in [7, 11) is 0. The van der Waals surface area contributed by atoms with E-state index in [2.05, 4.69) is 258 Å². The monoisotopic (exact) mass is 943 g/mol. The molecule has 0 radical (unpaired) electrons. The van der Waals surface area contributed by atoms with Gasteiger partial charge in [0.1, 0.15) is 0 Å². The molecular formula is C69H45N5. The average Bonchev–Trinajstić information content (AvgIpc) is 4.03. The van der Waals surface area contributed by atoms with Gasteiger partial charge in [-0.25, -0.2) is 4.98 Å². The Hall–Kier alpha value is -9.97. The smallest absolute Gasteiger partial charge is 0.238 e. The molecule has 0 fully saturated rings. The molecule has 3 heterocycles. The normalized spacial score (nSPS) is 11.5. The van der Waals surface area contributed by atoms with Crippen LogP contribution >= 0.6 is 0 Å². The topological polar surface area (TPSA) is 48.5 Å². The largest absolute Gasteiger partial charge is 0.307 e. The number of nitrogens with zero attached hydrogens (tertiary/aromatic N) is 5. The molecule has 0 unspecified atom stereocenters. The van der Waals surface area contributed by atoms with Crippen LogP contribution in [0.15, 0.2) is 273 Å². The number of aromatic nitrogens is 5. The quantitative estimate of drug-likeness (QED) is 0.145. The second-order valence-corrected chi connectivity index (χ2v) is 18.8. The first-order chi connectivity index (χ1) is 36.7. The van der Waals surface area contributed by atoms with E-state index in [1.165, 1.54) is 22.3 Å². The van der Waals surface area contributed by atoms with Gasteiger partial charge in [0.25, 0.3) is 0 Å². The Morgan fingerprint density at radius 2 is 0.527 bits per heavy atom. The first-order valence-electron chi connectivity index (χ1n) is 25.1. The van der Waals surface area contributed by atoms with E-state index in [-0.39, 0.29) is 0 Å². The summed E-state index contributed by atoms with van der Waals surface area (Å²) in [6, 6.07) is 97.3. The summed E-state index contributed by atoms with van der Waals surface area (Å²) in [5.74, 6) is 1.75. The number of para-hydroxylation sites is 2. The van der Waals surface area contributed by atoms with E-state index in [9.17, 15) is 0 Å². The average molecular weight is 944 g/mol. The molecule has 0 amide bonds. The van der Waals surface area contributed by atoms with Crippen LogP contribution in [0.3, 0.4) is 0 Å². The molecule has 0 N–H and O–H groups in total. The lowest BCUT2D eigenvalue weighted by atomic mass is 9.95. The summed E-state index contributed by atoms with van der Waals surface area (Å²) < 4.78 is 4.73. The van der Waals surface area contributed by atoms with E-state index in [4.69, 9.17) is 15.0 Å². The minimum absolute atomic E-state index is 0.546. The predicted molar refractivity (Wildman–Crippen MR) is 307 cm³/mol. The van der Waals surface area contributed by atoms with E-state index >= 15 is 0 Å². The fraction of sp³-hybridized carbons (Fsp3) is 0. The van der Waals surface area contributed by atoms with E-state index < -0.39 is 0 Å². The van der Waals surface area contributed by atoms with Gasteiger partial charge >= 0.3 is 0 Å². The zero-order chi connectivity index (χ0) is 49.0. The summed E-state index contributed by atoms with van der Waals surface area (Å²) in [5, 5.41) is 4.53. The van der Waals surface area contributed by atoms with Crippen LogP contribution in [0.1, 0.15) is 0 Å². The summed E-state index contributed by atoms with van der Waals surface area (Å²) in [6.07, 6.45) is 0. The van der Waals surface area contributed by atoms with Crippen molar-refractivity contribution in [3.63, 3.8) is 0 Å². The first kappa shape index (κ1) is 42.9. The Balaban J connectivity index is 0.987. The third-order valence-electron chi connectivity index (χ3n) is 14.4. The molecule has 11 aromatic carbocycles. The summed E-state index contributed by atoms with van der Waals surface area (Å²) in [6.45, 7) is 0. The van der Waals surface area contributed by atoms with Gasteiger partial charge in [-0.2, -0.15) is 9.97 Å². The molecule has 0 spiro atoms. The van der Waals surface area contributed by atoms with Gasteiger partial charge in [-0.15, -0.1) is 0 Å². The molecule has 0 saturated carbocycles. The molecular weight excluding hydrogens is 899 g/mol. The van der Waals surface area contributed by atoms with Crippen LogP contribution in [0.4, 0.5) is 0 Å². The van der Waals surface area contributed by atoms with Gasteiger partial charge in [-0.1, -0.05) is 243 Å². The van der Waals surface area contributed by atoms with Crippen molar-refractivity contribution in [2.75, 3.05) is 0 Å². The molecule has 5 nitrogen and oxygen atoms in total. The fourth-order valence-corrected chi connectivity index (χ4v) is 10.8. The third kappa shape index (κ3) is 7.54. The molecule has 3 aromatic heterocycles. The molecule has 14 rings (SSSR count). The van der Waals surface area contributed by atoms with Crippen LogP contribution < -0.4 is 0 Å². The molecule has 346 valence electrons. The third-order valence-corrected chi connectivity index (χ3v) is 14.4. The molecule has 0 bridgehead atoms. The van der Waals surface area contributed by atoms with E-state index in [0.717, 1.165) is 93.8 Å². The minimum atomic E-state index is 0.546. The van der Waals surface area contributed by atoms with Crippen molar-refractivity contribution in [2.24, 2.45) is 0 Å². The molecule has 0 aliphatic heterocycles. The molecule has 0 saturated heterocycles. The van der Waals surface area contributed by atoms with Crippen LogP contribution in [0.5, 0.6) is 0 Å². The van der Waals surface area contributed by atoms with Crippen molar-refractivity contribution < 1.29 is 0 Å². The molecule has 74 heavy (non-hydrogen) atoms. The van der Waals surface area contributed by atoms with Crippen LogP contribution in [-0.2, 0) is 0 Å². The van der Waals surface area contributed by atoms with Gasteiger partial charge in [-0.05, 0) is 86.0 Å². The van der Waals surface area contributed by atoms with Crippen LogP contribution in [0.2, 0.25) is 0 Å². The summed E-state index contributed by atoms with van der Waals surface area (Å²) in [4.78, 5) is 16.0. The van der Waals surface area contributed by atoms with E-state index in [0.29, 0.717) is 17.6 Å². The van der Waals surface area contributed by atoms with E-state index in [1.54, 1.807) is 0 Å². The Morgan fingerprint density at radius 3 is 0.973 bits per heavy atom. The van der Waals surface area contributed by atoms with Gasteiger partial charge in [0.2, 0.25) is 5.95 Å². The highest BCUT2D eigenvalue weighted by atomic mass is 15.2. The molecule has 0 aliphatic carbocycles. The van der Waals surface area contributed by atoms with Crippen molar-refractivity contribution in [1.82, 2.24) is 24.1 Å². The lowest BCUT2D eigenvalue weighted by molar-refractivity contribution is 0.953. The maximum Gasteiger partial charge on any atom is 0.238 e. The van der Waals surface area contributed by atoms with Gasteiger partial charge in [0.05, 0.1) is 22.1 Å². The Kier molecular flexibility index (Phi) is 10.4. The Morgan fingerprint density at radius 1 is 0.216 bits per heavy atom. The maximum absolute atomic E-state index is 5.42. The number of benzene rings is 11.